The Labute approximate surface area is 194 Å². The molecule has 2 aliphatic rings. The number of hydrogen-bond donors (Lipinski definition) is 2. The van der Waals surface area contributed by atoms with Gasteiger partial charge in [0.05, 0.1) is 6.10 Å². The van der Waals surface area contributed by atoms with Gasteiger partial charge in [-0.05, 0) is 82.1 Å². The fourth-order valence-electron chi connectivity index (χ4n) is 3.68. The molecule has 0 spiro atoms. The highest BCUT2D eigenvalue weighted by atomic mass is 79.9. The molecule has 0 amide bonds. The van der Waals surface area contributed by atoms with Crippen LogP contribution < -0.4 is 0 Å². The maximum atomic E-state index is 13.4. The molecule has 0 saturated carbocycles. The summed E-state index contributed by atoms with van der Waals surface area (Å²) in [6, 6.07) is 5.49. The molecule has 31 heavy (non-hydrogen) atoms. The van der Waals surface area contributed by atoms with E-state index in [2.05, 4.69) is 15.9 Å². The Kier molecular flexibility index (Phi) is 7.31. The van der Waals surface area contributed by atoms with E-state index in [4.69, 9.17) is 28.3 Å². The SMILES string of the molecule is O=C(Cl)/C=C1\CCc2c(F)cc(Cl)cc21.O=C(O)C=C1c2cc(F)cc(Br)c2CC1O. The molecule has 0 heterocycles. The number of aliphatic carboxylic acids is 1. The third kappa shape index (κ3) is 5.41. The fraction of sp³-hybridized carbons (Fsp3) is 0.182. The van der Waals surface area contributed by atoms with Crippen molar-refractivity contribution in [2.75, 3.05) is 0 Å². The molecule has 1 unspecified atom stereocenters. The maximum absolute atomic E-state index is 13.4. The van der Waals surface area contributed by atoms with Crippen molar-refractivity contribution in [1.29, 1.82) is 0 Å². The van der Waals surface area contributed by atoms with Gasteiger partial charge in [0.1, 0.15) is 11.6 Å². The van der Waals surface area contributed by atoms with Crippen LogP contribution >= 0.6 is 39.1 Å². The number of aliphatic hydroxyl groups is 1. The van der Waals surface area contributed by atoms with E-state index < -0.39 is 23.1 Å². The Morgan fingerprint density at radius 2 is 1.77 bits per heavy atom. The third-order valence-corrected chi connectivity index (χ3v) is 5.98. The number of carboxylic acids is 1. The highest BCUT2D eigenvalue weighted by Crippen LogP contribution is 2.38. The number of rotatable bonds is 2. The van der Waals surface area contributed by atoms with Crippen LogP contribution in [0, 0.1) is 11.6 Å². The van der Waals surface area contributed by atoms with Crippen LogP contribution in [0.2, 0.25) is 5.02 Å². The number of fused-ring (bicyclic) bond motifs is 2. The van der Waals surface area contributed by atoms with Crippen LogP contribution in [-0.2, 0) is 22.4 Å². The standard InChI is InChI=1S/C11H8BrFO3.C11H7Cl2FO/c12-9-2-5(13)1-6-7(9)3-10(14)8(6)4-11(15)16;12-7-4-9-6(3-11(13)15)1-2-8(9)10(14)5-7/h1-2,4,10,14H,3H2,(H,15,16);3-5H,1-2H2/b;6-3+. The van der Waals surface area contributed by atoms with Gasteiger partial charge in [0, 0.05) is 28.1 Å². The van der Waals surface area contributed by atoms with Gasteiger partial charge in [0.2, 0.25) is 5.24 Å². The molecule has 162 valence electrons. The highest BCUT2D eigenvalue weighted by molar-refractivity contribution is 9.10. The van der Waals surface area contributed by atoms with E-state index in [1.807, 2.05) is 0 Å². The highest BCUT2D eigenvalue weighted by Gasteiger charge is 2.28. The van der Waals surface area contributed by atoms with Crippen molar-refractivity contribution in [3.05, 3.63) is 79.8 Å². The molecule has 4 rings (SSSR count). The maximum Gasteiger partial charge on any atom is 0.328 e. The number of carboxylic acid groups (broad SMARTS) is 1. The molecule has 2 N–H and O–H groups in total. The van der Waals surface area contributed by atoms with Crippen LogP contribution in [0.1, 0.15) is 28.7 Å². The first-order chi connectivity index (χ1) is 14.6. The molecule has 0 fully saturated rings. The molecule has 2 aliphatic carbocycles. The van der Waals surface area contributed by atoms with E-state index in [0.717, 1.165) is 17.2 Å². The van der Waals surface area contributed by atoms with Crippen LogP contribution in [0.4, 0.5) is 8.78 Å². The molecule has 0 bridgehead atoms. The lowest BCUT2D eigenvalue weighted by atomic mass is 10.1. The van der Waals surface area contributed by atoms with Gasteiger partial charge in [-0.3, -0.25) is 4.79 Å². The zero-order valence-electron chi connectivity index (χ0n) is 15.8. The summed E-state index contributed by atoms with van der Waals surface area (Å²) >= 11 is 14.2. The Bertz CT molecular complexity index is 1140. The zero-order chi connectivity index (χ0) is 22.9. The van der Waals surface area contributed by atoms with Gasteiger partial charge in [0.15, 0.2) is 0 Å². The van der Waals surface area contributed by atoms with Crippen LogP contribution in [-0.4, -0.2) is 27.5 Å². The smallest absolute Gasteiger partial charge is 0.328 e. The second-order valence-corrected chi connectivity index (χ2v) is 8.62. The first kappa shape index (κ1) is 23.6. The van der Waals surface area contributed by atoms with Crippen molar-refractivity contribution in [2.45, 2.75) is 25.4 Å². The van der Waals surface area contributed by atoms with Gasteiger partial charge in [-0.1, -0.05) is 27.5 Å². The lowest BCUT2D eigenvalue weighted by Gasteiger charge is -2.03. The summed E-state index contributed by atoms with van der Waals surface area (Å²) in [4.78, 5) is 21.3. The topological polar surface area (TPSA) is 74.6 Å². The molecule has 0 saturated heterocycles. The summed E-state index contributed by atoms with van der Waals surface area (Å²) in [5.41, 5.74) is 3.52. The first-order valence-electron chi connectivity index (χ1n) is 9.06. The van der Waals surface area contributed by atoms with Crippen LogP contribution in [0.25, 0.3) is 11.1 Å². The molecule has 9 heteroatoms. The summed E-state index contributed by atoms with van der Waals surface area (Å²) < 4.78 is 27.2. The Balaban J connectivity index is 0.000000176. The lowest BCUT2D eigenvalue weighted by molar-refractivity contribution is -0.131. The number of benzene rings is 2. The van der Waals surface area contributed by atoms with Gasteiger partial charge < -0.3 is 10.2 Å². The number of carbonyl (C=O) groups excluding carboxylic acids is 1. The van der Waals surface area contributed by atoms with Crippen LogP contribution in [0.3, 0.4) is 0 Å². The quantitative estimate of drug-likeness (QED) is 0.393. The lowest BCUT2D eigenvalue weighted by Crippen LogP contribution is -2.05. The van der Waals surface area contributed by atoms with Gasteiger partial charge >= 0.3 is 5.97 Å². The minimum Gasteiger partial charge on any atom is -0.478 e. The molecule has 0 aromatic heterocycles. The van der Waals surface area contributed by atoms with Crippen molar-refractivity contribution in [2.24, 2.45) is 0 Å². The molecule has 2 aromatic carbocycles. The normalized spacial score (nSPS) is 19.1. The third-order valence-electron chi connectivity index (χ3n) is 4.94. The van der Waals surface area contributed by atoms with Gasteiger partial charge in [-0.25, -0.2) is 13.6 Å². The molecule has 0 radical (unpaired) electrons. The second kappa shape index (κ2) is 9.61. The largest absolute Gasteiger partial charge is 0.478 e. The Hall–Kier alpha value is -2.06. The van der Waals surface area contributed by atoms with E-state index in [0.29, 0.717) is 45.4 Å². The Morgan fingerprint density at radius 1 is 1.06 bits per heavy atom. The summed E-state index contributed by atoms with van der Waals surface area (Å²) in [6.45, 7) is 0. The van der Waals surface area contributed by atoms with Crippen molar-refractivity contribution >= 4 is 61.5 Å². The van der Waals surface area contributed by atoms with E-state index in [-0.39, 0.29) is 11.4 Å². The first-order valence-corrected chi connectivity index (χ1v) is 10.6. The summed E-state index contributed by atoms with van der Waals surface area (Å²) in [6.07, 6.45) is 2.88. The number of hydrogen-bond acceptors (Lipinski definition) is 3. The summed E-state index contributed by atoms with van der Waals surface area (Å²) in [5, 5.41) is 18.2. The minimum atomic E-state index is -1.15. The van der Waals surface area contributed by atoms with Crippen molar-refractivity contribution in [3.63, 3.8) is 0 Å². The number of aliphatic hydroxyl groups excluding tert-OH is 1. The number of allylic oxidation sites excluding steroid dienone is 2. The number of halogens is 5. The minimum absolute atomic E-state index is 0.253. The van der Waals surface area contributed by atoms with E-state index in [1.165, 1.54) is 24.3 Å². The van der Waals surface area contributed by atoms with Crippen LogP contribution in [0.15, 0.2) is 40.9 Å². The summed E-state index contributed by atoms with van der Waals surface area (Å²) in [7, 11) is 0. The van der Waals surface area contributed by atoms with Crippen LogP contribution in [0.5, 0.6) is 0 Å². The van der Waals surface area contributed by atoms with Gasteiger partial charge in [-0.2, -0.15) is 0 Å². The molecule has 1 atom stereocenters. The molecule has 0 aliphatic heterocycles. The van der Waals surface area contributed by atoms with Crippen molar-refractivity contribution in [3.8, 4) is 0 Å². The van der Waals surface area contributed by atoms with E-state index in [9.17, 15) is 23.5 Å². The Morgan fingerprint density at radius 3 is 2.42 bits per heavy atom. The molecule has 4 nitrogen and oxygen atoms in total. The van der Waals surface area contributed by atoms with Gasteiger partial charge in [-0.15, -0.1) is 0 Å². The molecular formula is C22H15BrCl2F2O4. The average molecular weight is 532 g/mol. The fourth-order valence-corrected chi connectivity index (χ4v) is 4.61. The van der Waals surface area contributed by atoms with Crippen molar-refractivity contribution < 1.29 is 28.6 Å². The zero-order valence-corrected chi connectivity index (χ0v) is 18.9. The predicted octanol–water partition coefficient (Wildman–Crippen LogP) is 5.55. The van der Waals surface area contributed by atoms with E-state index >= 15 is 0 Å². The molecular weight excluding hydrogens is 517 g/mol. The predicted molar refractivity (Wildman–Crippen MR) is 118 cm³/mol. The van der Waals surface area contributed by atoms with Crippen molar-refractivity contribution in [1.82, 2.24) is 0 Å². The monoisotopic (exact) mass is 530 g/mol. The number of carbonyl (C=O) groups is 2. The average Bonchev–Trinajstić information content (AvgIpc) is 3.17. The van der Waals surface area contributed by atoms with E-state index in [1.54, 1.807) is 6.07 Å². The van der Waals surface area contributed by atoms with Gasteiger partial charge in [0.25, 0.3) is 0 Å². The molecule has 2 aromatic rings. The second-order valence-electron chi connectivity index (χ2n) is 6.96. The summed E-state index contributed by atoms with van der Waals surface area (Å²) in [5.74, 6) is -1.93.